The molecule has 0 radical (unpaired) electrons. The Morgan fingerprint density at radius 3 is 1.07 bits per heavy atom. The molecule has 67 heavy (non-hydrogen) atoms. The van der Waals surface area contributed by atoms with Gasteiger partial charge in [0.2, 0.25) is 5.91 Å². The van der Waals surface area contributed by atoms with E-state index < -0.39 is 12.1 Å². The lowest BCUT2D eigenvalue weighted by molar-refractivity contribution is -0.143. The zero-order valence-electron chi connectivity index (χ0n) is 45.1. The highest BCUT2D eigenvalue weighted by atomic mass is 16.5. The summed E-state index contributed by atoms with van der Waals surface area (Å²) in [5.41, 5.74) is 0. The number of aliphatic hydroxyl groups is 2. The lowest BCUT2D eigenvalue weighted by Crippen LogP contribution is -2.45. The molecule has 0 aromatic heterocycles. The number of allylic oxidation sites excluding steroid dienone is 4. The topological polar surface area (TPSA) is 95.9 Å². The highest BCUT2D eigenvalue weighted by molar-refractivity contribution is 5.76. The highest BCUT2D eigenvalue weighted by Crippen LogP contribution is 2.17. The molecule has 1 amide bonds. The van der Waals surface area contributed by atoms with Gasteiger partial charge in [-0.2, -0.15) is 0 Å². The van der Waals surface area contributed by atoms with E-state index in [2.05, 4.69) is 43.5 Å². The first-order valence-electron chi connectivity index (χ1n) is 30.1. The zero-order valence-corrected chi connectivity index (χ0v) is 45.1. The predicted octanol–water partition coefficient (Wildman–Crippen LogP) is 18.6. The molecular weight excluding hydrogens is 827 g/mol. The minimum absolute atomic E-state index is 0.0115. The summed E-state index contributed by atoms with van der Waals surface area (Å²) in [6.45, 7) is 4.93. The number of esters is 1. The summed E-state index contributed by atoms with van der Waals surface area (Å²) in [4.78, 5) is 24.5. The SMILES string of the molecule is CCCCCC/C=C\CCCCCCCC(=O)OCCCCCCCCC/C=C\CCCCCCCC(=O)NC(CO)C(O)CCCCCCCCCCCCCCCCCCCCCCC. The largest absolute Gasteiger partial charge is 0.466 e. The van der Waals surface area contributed by atoms with Gasteiger partial charge in [-0.25, -0.2) is 0 Å². The molecule has 0 bridgehead atoms. The van der Waals surface area contributed by atoms with Gasteiger partial charge in [-0.05, 0) is 77.0 Å². The molecule has 0 aliphatic carbocycles. The second-order valence-corrected chi connectivity index (χ2v) is 20.7. The van der Waals surface area contributed by atoms with E-state index in [1.54, 1.807) is 0 Å². The highest BCUT2D eigenvalue weighted by Gasteiger charge is 2.20. The van der Waals surface area contributed by atoms with Crippen molar-refractivity contribution in [1.82, 2.24) is 5.32 Å². The molecule has 6 nitrogen and oxygen atoms in total. The molecule has 0 aliphatic rings. The summed E-state index contributed by atoms with van der Waals surface area (Å²) in [7, 11) is 0. The Morgan fingerprint density at radius 1 is 0.403 bits per heavy atom. The molecule has 0 aromatic carbocycles. The molecule has 0 saturated carbocycles. The van der Waals surface area contributed by atoms with Gasteiger partial charge in [-0.3, -0.25) is 9.59 Å². The monoisotopic (exact) mass is 944 g/mol. The van der Waals surface area contributed by atoms with Gasteiger partial charge in [0.05, 0.1) is 25.4 Å². The van der Waals surface area contributed by atoms with Crippen LogP contribution in [0.1, 0.15) is 328 Å². The first kappa shape index (κ1) is 65.3. The molecule has 0 fully saturated rings. The van der Waals surface area contributed by atoms with Crippen molar-refractivity contribution in [1.29, 1.82) is 0 Å². The Bertz CT molecular complexity index is 1040. The van der Waals surface area contributed by atoms with Gasteiger partial charge >= 0.3 is 5.97 Å². The quantitative estimate of drug-likeness (QED) is 0.0321. The van der Waals surface area contributed by atoms with Gasteiger partial charge in [0, 0.05) is 12.8 Å². The molecule has 0 rings (SSSR count). The van der Waals surface area contributed by atoms with Crippen LogP contribution in [0.5, 0.6) is 0 Å². The maximum absolute atomic E-state index is 12.5. The van der Waals surface area contributed by atoms with Crippen LogP contribution < -0.4 is 5.32 Å². The number of nitrogens with one attached hydrogen (secondary N) is 1. The van der Waals surface area contributed by atoms with Crippen LogP contribution in [-0.2, 0) is 14.3 Å². The molecular formula is C61H117NO5. The smallest absolute Gasteiger partial charge is 0.305 e. The molecule has 6 heteroatoms. The van der Waals surface area contributed by atoms with Crippen molar-refractivity contribution in [3.05, 3.63) is 24.3 Å². The number of carbonyl (C=O) groups is 2. The van der Waals surface area contributed by atoms with Gasteiger partial charge in [-0.15, -0.1) is 0 Å². The summed E-state index contributed by atoms with van der Waals surface area (Å²) in [6, 6.07) is -0.555. The van der Waals surface area contributed by atoms with Crippen molar-refractivity contribution < 1.29 is 24.5 Å². The fourth-order valence-corrected chi connectivity index (χ4v) is 9.34. The molecule has 0 spiro atoms. The predicted molar refractivity (Wildman–Crippen MR) is 292 cm³/mol. The standard InChI is InChI=1S/C61H117NO5/c1-3-5-7-9-11-13-15-17-18-19-20-21-22-23-26-30-33-37-41-45-49-53-59(64)58(57-63)62-60(65)54-50-46-42-38-34-31-27-24-25-28-32-36-40-44-48-52-56-67-61(66)55-51-47-43-39-35-29-16-14-12-10-8-6-4-2/h14,16,24,27,58-59,63-64H,3-13,15,17-23,25-26,28-57H2,1-2H3,(H,62,65)/b16-14-,27-24-. The van der Waals surface area contributed by atoms with E-state index in [-0.39, 0.29) is 18.5 Å². The van der Waals surface area contributed by atoms with E-state index in [1.807, 2.05) is 0 Å². The number of amides is 1. The fourth-order valence-electron chi connectivity index (χ4n) is 9.34. The number of unbranched alkanes of at least 4 members (excludes halogenated alkanes) is 41. The molecule has 0 heterocycles. The Labute approximate surface area is 418 Å². The van der Waals surface area contributed by atoms with Gasteiger partial charge < -0.3 is 20.3 Å². The van der Waals surface area contributed by atoms with E-state index in [0.717, 1.165) is 64.2 Å². The summed E-state index contributed by atoms with van der Waals surface area (Å²) in [6.07, 6.45) is 68.9. The maximum atomic E-state index is 12.5. The Balaban J connectivity index is 3.47. The Morgan fingerprint density at radius 2 is 0.701 bits per heavy atom. The van der Waals surface area contributed by atoms with Crippen LogP contribution in [0.3, 0.4) is 0 Å². The third kappa shape index (κ3) is 53.5. The van der Waals surface area contributed by atoms with Crippen LogP contribution in [0.2, 0.25) is 0 Å². The third-order valence-corrected chi connectivity index (χ3v) is 14.0. The summed E-state index contributed by atoms with van der Waals surface area (Å²) in [5.74, 6) is -0.0609. The average Bonchev–Trinajstić information content (AvgIpc) is 3.33. The van der Waals surface area contributed by atoms with Gasteiger partial charge in [-0.1, -0.05) is 263 Å². The number of carbonyl (C=O) groups excluding carboxylic acids is 2. The lowest BCUT2D eigenvalue weighted by atomic mass is 10.0. The number of hydrogen-bond acceptors (Lipinski definition) is 5. The van der Waals surface area contributed by atoms with Crippen LogP contribution in [0, 0.1) is 0 Å². The summed E-state index contributed by atoms with van der Waals surface area (Å²) >= 11 is 0. The van der Waals surface area contributed by atoms with Crippen molar-refractivity contribution in [2.45, 2.75) is 341 Å². The van der Waals surface area contributed by atoms with Crippen LogP contribution in [0.25, 0.3) is 0 Å². The van der Waals surface area contributed by atoms with Crippen LogP contribution in [-0.4, -0.2) is 47.4 Å². The Hall–Kier alpha value is -1.66. The number of aliphatic hydroxyl groups excluding tert-OH is 2. The minimum Gasteiger partial charge on any atom is -0.466 e. The van der Waals surface area contributed by atoms with Crippen LogP contribution >= 0.6 is 0 Å². The van der Waals surface area contributed by atoms with Crippen molar-refractivity contribution in [3.8, 4) is 0 Å². The Kier molecular flexibility index (Phi) is 55.5. The first-order valence-corrected chi connectivity index (χ1v) is 30.1. The van der Waals surface area contributed by atoms with Crippen molar-refractivity contribution in [2.75, 3.05) is 13.2 Å². The molecule has 2 atom stereocenters. The average molecular weight is 945 g/mol. The summed E-state index contributed by atoms with van der Waals surface area (Å²) < 4.78 is 5.46. The van der Waals surface area contributed by atoms with Crippen molar-refractivity contribution >= 4 is 11.9 Å². The van der Waals surface area contributed by atoms with E-state index in [4.69, 9.17) is 4.74 Å². The van der Waals surface area contributed by atoms with E-state index in [0.29, 0.717) is 25.9 Å². The molecule has 3 N–H and O–H groups in total. The van der Waals surface area contributed by atoms with Gasteiger partial charge in [0.1, 0.15) is 0 Å². The molecule has 2 unspecified atom stereocenters. The molecule has 0 saturated heterocycles. The maximum Gasteiger partial charge on any atom is 0.305 e. The van der Waals surface area contributed by atoms with Crippen molar-refractivity contribution in [2.24, 2.45) is 0 Å². The third-order valence-electron chi connectivity index (χ3n) is 14.0. The lowest BCUT2D eigenvalue weighted by Gasteiger charge is -2.22. The molecule has 396 valence electrons. The normalized spacial score (nSPS) is 12.7. The molecule has 0 aliphatic heterocycles. The van der Waals surface area contributed by atoms with Crippen molar-refractivity contribution in [3.63, 3.8) is 0 Å². The van der Waals surface area contributed by atoms with E-state index >= 15 is 0 Å². The number of hydrogen-bond donors (Lipinski definition) is 3. The number of ether oxygens (including phenoxy) is 1. The molecule has 0 aromatic rings. The van der Waals surface area contributed by atoms with E-state index in [1.165, 1.54) is 231 Å². The second-order valence-electron chi connectivity index (χ2n) is 20.7. The first-order chi connectivity index (χ1) is 33.0. The second kappa shape index (κ2) is 56.9. The van der Waals surface area contributed by atoms with Gasteiger partial charge in [0.15, 0.2) is 0 Å². The number of rotatable bonds is 56. The van der Waals surface area contributed by atoms with Crippen LogP contribution in [0.4, 0.5) is 0 Å². The minimum atomic E-state index is -0.676. The van der Waals surface area contributed by atoms with Crippen LogP contribution in [0.15, 0.2) is 24.3 Å². The van der Waals surface area contributed by atoms with E-state index in [9.17, 15) is 19.8 Å². The van der Waals surface area contributed by atoms with Gasteiger partial charge in [0.25, 0.3) is 0 Å². The summed E-state index contributed by atoms with van der Waals surface area (Å²) in [5, 5.41) is 23.3. The zero-order chi connectivity index (χ0) is 48.6. The fraction of sp³-hybridized carbons (Fsp3) is 0.902.